The van der Waals surface area contributed by atoms with Crippen molar-refractivity contribution in [1.82, 2.24) is 9.97 Å². The number of hydrogen-bond acceptors (Lipinski definition) is 2. The SMILES string of the molecule is Cc1ccc2[nH]c(CN)nc2c1C.Cl. The van der Waals surface area contributed by atoms with Crippen molar-refractivity contribution in [3.05, 3.63) is 29.1 Å². The van der Waals surface area contributed by atoms with E-state index in [-0.39, 0.29) is 12.4 Å². The molecule has 2 rings (SSSR count). The number of aromatic nitrogens is 2. The molecule has 3 nitrogen and oxygen atoms in total. The van der Waals surface area contributed by atoms with Gasteiger partial charge in [0.25, 0.3) is 0 Å². The van der Waals surface area contributed by atoms with Gasteiger partial charge >= 0.3 is 0 Å². The minimum absolute atomic E-state index is 0. The third-order valence-corrected chi connectivity index (χ3v) is 2.42. The van der Waals surface area contributed by atoms with Crippen LogP contribution in [0.15, 0.2) is 12.1 Å². The Morgan fingerprint density at radius 1 is 1.36 bits per heavy atom. The molecular weight excluding hydrogens is 198 g/mol. The van der Waals surface area contributed by atoms with E-state index in [0.717, 1.165) is 16.9 Å². The summed E-state index contributed by atoms with van der Waals surface area (Å²) in [6.07, 6.45) is 0. The molecule has 14 heavy (non-hydrogen) atoms. The van der Waals surface area contributed by atoms with E-state index in [1.54, 1.807) is 0 Å². The molecule has 0 aliphatic carbocycles. The van der Waals surface area contributed by atoms with Gasteiger partial charge in [0.15, 0.2) is 0 Å². The molecule has 0 radical (unpaired) electrons. The first kappa shape index (κ1) is 11.0. The smallest absolute Gasteiger partial charge is 0.121 e. The number of fused-ring (bicyclic) bond motifs is 1. The van der Waals surface area contributed by atoms with Crippen LogP contribution in [0.3, 0.4) is 0 Å². The Labute approximate surface area is 89.1 Å². The number of imidazole rings is 1. The number of aryl methyl sites for hydroxylation is 2. The number of H-pyrrole nitrogens is 1. The quantitative estimate of drug-likeness (QED) is 0.759. The van der Waals surface area contributed by atoms with Crippen LogP contribution < -0.4 is 5.73 Å². The van der Waals surface area contributed by atoms with E-state index < -0.39 is 0 Å². The Kier molecular flexibility index (Phi) is 3.13. The highest BCUT2D eigenvalue weighted by Gasteiger charge is 2.04. The van der Waals surface area contributed by atoms with E-state index in [1.807, 2.05) is 6.07 Å². The van der Waals surface area contributed by atoms with Crippen LogP contribution >= 0.6 is 12.4 Å². The Hall–Kier alpha value is -1.06. The average molecular weight is 212 g/mol. The van der Waals surface area contributed by atoms with Crippen molar-refractivity contribution in [2.75, 3.05) is 0 Å². The molecule has 1 aromatic carbocycles. The van der Waals surface area contributed by atoms with Gasteiger partial charge in [-0.15, -0.1) is 12.4 Å². The first-order chi connectivity index (χ1) is 6.22. The van der Waals surface area contributed by atoms with E-state index >= 15 is 0 Å². The Morgan fingerprint density at radius 2 is 2.07 bits per heavy atom. The molecule has 0 amide bonds. The van der Waals surface area contributed by atoms with Crippen LogP contribution in [0.4, 0.5) is 0 Å². The van der Waals surface area contributed by atoms with Crippen LogP contribution in [0.1, 0.15) is 17.0 Å². The average Bonchev–Trinajstić information content (AvgIpc) is 2.55. The highest BCUT2D eigenvalue weighted by Crippen LogP contribution is 2.18. The normalized spacial score (nSPS) is 10.2. The van der Waals surface area contributed by atoms with Gasteiger partial charge in [-0.1, -0.05) is 6.07 Å². The standard InChI is InChI=1S/C10H13N3.ClH/c1-6-3-4-8-10(7(6)2)13-9(5-11)12-8;/h3-4H,5,11H2,1-2H3,(H,12,13);1H. The molecule has 76 valence electrons. The van der Waals surface area contributed by atoms with Crippen molar-refractivity contribution in [1.29, 1.82) is 0 Å². The van der Waals surface area contributed by atoms with Crippen molar-refractivity contribution in [3.8, 4) is 0 Å². The predicted molar refractivity (Wildman–Crippen MR) is 60.7 cm³/mol. The van der Waals surface area contributed by atoms with E-state index in [2.05, 4.69) is 29.9 Å². The lowest BCUT2D eigenvalue weighted by Gasteiger charge is -1.98. The molecule has 1 heterocycles. The summed E-state index contributed by atoms with van der Waals surface area (Å²) in [6.45, 7) is 4.64. The number of hydrogen-bond donors (Lipinski definition) is 2. The lowest BCUT2D eigenvalue weighted by atomic mass is 10.1. The second kappa shape index (κ2) is 3.98. The molecule has 0 aliphatic rings. The minimum atomic E-state index is 0. The second-order valence-corrected chi connectivity index (χ2v) is 3.29. The van der Waals surface area contributed by atoms with Crippen LogP contribution in [-0.4, -0.2) is 9.97 Å². The third kappa shape index (κ3) is 1.61. The topological polar surface area (TPSA) is 54.7 Å². The maximum Gasteiger partial charge on any atom is 0.121 e. The number of nitrogens with two attached hydrogens (primary N) is 1. The third-order valence-electron chi connectivity index (χ3n) is 2.42. The predicted octanol–water partition coefficient (Wildman–Crippen LogP) is 2.06. The van der Waals surface area contributed by atoms with Crippen molar-refractivity contribution >= 4 is 23.4 Å². The zero-order valence-corrected chi connectivity index (χ0v) is 9.11. The summed E-state index contributed by atoms with van der Waals surface area (Å²) in [5.41, 5.74) is 10.1. The van der Waals surface area contributed by atoms with Crippen LogP contribution in [0, 0.1) is 13.8 Å². The number of nitrogens with one attached hydrogen (secondary N) is 1. The Bertz CT molecular complexity index is 448. The van der Waals surface area contributed by atoms with Gasteiger partial charge in [0.1, 0.15) is 5.82 Å². The highest BCUT2D eigenvalue weighted by atomic mass is 35.5. The summed E-state index contributed by atoms with van der Waals surface area (Å²) >= 11 is 0. The van der Waals surface area contributed by atoms with Gasteiger partial charge in [-0.2, -0.15) is 0 Å². The molecule has 0 unspecified atom stereocenters. The fourth-order valence-corrected chi connectivity index (χ4v) is 1.46. The zero-order valence-electron chi connectivity index (χ0n) is 8.29. The summed E-state index contributed by atoms with van der Waals surface area (Å²) in [5.74, 6) is 0.851. The second-order valence-electron chi connectivity index (χ2n) is 3.29. The molecule has 2 aromatic rings. The molecule has 0 spiro atoms. The van der Waals surface area contributed by atoms with Crippen LogP contribution in [0.5, 0.6) is 0 Å². The van der Waals surface area contributed by atoms with Crippen LogP contribution in [0.2, 0.25) is 0 Å². The van der Waals surface area contributed by atoms with Crippen molar-refractivity contribution in [2.24, 2.45) is 5.73 Å². The molecule has 3 N–H and O–H groups in total. The van der Waals surface area contributed by atoms with Gasteiger partial charge in [0, 0.05) is 0 Å². The highest BCUT2D eigenvalue weighted by molar-refractivity contribution is 5.85. The molecule has 0 aliphatic heterocycles. The minimum Gasteiger partial charge on any atom is -0.341 e. The van der Waals surface area contributed by atoms with E-state index in [9.17, 15) is 0 Å². The van der Waals surface area contributed by atoms with E-state index in [4.69, 9.17) is 5.73 Å². The molecule has 0 bridgehead atoms. The molecule has 0 saturated carbocycles. The lowest BCUT2D eigenvalue weighted by Crippen LogP contribution is -1.97. The number of benzene rings is 1. The lowest BCUT2D eigenvalue weighted by molar-refractivity contribution is 0.958. The number of nitrogens with zero attached hydrogens (tertiary/aromatic N) is 1. The summed E-state index contributed by atoms with van der Waals surface area (Å²) < 4.78 is 0. The number of aromatic amines is 1. The summed E-state index contributed by atoms with van der Waals surface area (Å²) in [4.78, 5) is 7.59. The van der Waals surface area contributed by atoms with E-state index in [1.165, 1.54) is 11.1 Å². The first-order valence-electron chi connectivity index (χ1n) is 4.37. The molecule has 0 fully saturated rings. The Balaban J connectivity index is 0.000000980. The van der Waals surface area contributed by atoms with Gasteiger partial charge in [0.05, 0.1) is 17.6 Å². The number of rotatable bonds is 1. The summed E-state index contributed by atoms with van der Waals surface area (Å²) in [7, 11) is 0. The van der Waals surface area contributed by atoms with Gasteiger partial charge in [-0.25, -0.2) is 4.98 Å². The van der Waals surface area contributed by atoms with Crippen LogP contribution in [-0.2, 0) is 6.54 Å². The molecular formula is C10H14ClN3. The fourth-order valence-electron chi connectivity index (χ4n) is 1.46. The maximum atomic E-state index is 5.51. The largest absolute Gasteiger partial charge is 0.341 e. The van der Waals surface area contributed by atoms with Gasteiger partial charge in [-0.3, -0.25) is 0 Å². The summed E-state index contributed by atoms with van der Waals surface area (Å²) in [6, 6.07) is 4.14. The maximum absolute atomic E-state index is 5.51. The van der Waals surface area contributed by atoms with Crippen molar-refractivity contribution in [2.45, 2.75) is 20.4 Å². The van der Waals surface area contributed by atoms with Gasteiger partial charge in [0.2, 0.25) is 0 Å². The number of halogens is 1. The zero-order chi connectivity index (χ0) is 9.42. The van der Waals surface area contributed by atoms with Crippen LogP contribution in [0.25, 0.3) is 11.0 Å². The molecule has 4 heteroatoms. The van der Waals surface area contributed by atoms with Gasteiger partial charge < -0.3 is 10.7 Å². The van der Waals surface area contributed by atoms with Crippen molar-refractivity contribution in [3.63, 3.8) is 0 Å². The fraction of sp³-hybridized carbons (Fsp3) is 0.300. The molecule has 1 aromatic heterocycles. The van der Waals surface area contributed by atoms with E-state index in [0.29, 0.717) is 6.54 Å². The molecule has 0 atom stereocenters. The summed E-state index contributed by atoms with van der Waals surface area (Å²) in [5, 5.41) is 0. The van der Waals surface area contributed by atoms with Gasteiger partial charge in [-0.05, 0) is 31.0 Å². The molecule has 0 saturated heterocycles. The van der Waals surface area contributed by atoms with Crippen molar-refractivity contribution < 1.29 is 0 Å². The Morgan fingerprint density at radius 3 is 2.71 bits per heavy atom. The monoisotopic (exact) mass is 211 g/mol. The first-order valence-corrected chi connectivity index (χ1v) is 4.37.